The first-order valence-electron chi connectivity index (χ1n) is 12.8. The smallest absolute Gasteiger partial charge is 0.343 e. The fourth-order valence-corrected chi connectivity index (χ4v) is 4.59. The Morgan fingerprint density at radius 2 is 1.61 bits per heavy atom. The molecule has 7 N–H and O–H groups in total. The van der Waals surface area contributed by atoms with Gasteiger partial charge in [0.2, 0.25) is 11.8 Å². The second-order valence-electron chi connectivity index (χ2n) is 9.58. The van der Waals surface area contributed by atoms with Crippen LogP contribution in [0.2, 0.25) is 0 Å². The summed E-state index contributed by atoms with van der Waals surface area (Å²) in [6.45, 7) is 2.96. The van der Waals surface area contributed by atoms with Crippen LogP contribution in [0.3, 0.4) is 0 Å². The fourth-order valence-electron chi connectivity index (χ4n) is 4.59. The van der Waals surface area contributed by atoms with Crippen LogP contribution in [0.5, 0.6) is 0 Å². The number of amides is 2. The summed E-state index contributed by atoms with van der Waals surface area (Å²) in [5.41, 5.74) is 18.8. The van der Waals surface area contributed by atoms with Crippen molar-refractivity contribution in [3.63, 3.8) is 0 Å². The lowest BCUT2D eigenvalue weighted by Crippen LogP contribution is -2.52. The van der Waals surface area contributed by atoms with Crippen molar-refractivity contribution in [1.82, 2.24) is 15.1 Å². The lowest BCUT2D eigenvalue weighted by atomic mass is 10.0. The molecule has 2 aromatic rings. The summed E-state index contributed by atoms with van der Waals surface area (Å²) in [6.07, 6.45) is -3.24. The van der Waals surface area contributed by atoms with Gasteiger partial charge in [-0.3, -0.25) is 9.59 Å². The number of carbonyl (C=O) groups is 2. The first-order chi connectivity index (χ1) is 18.1. The zero-order chi connectivity index (χ0) is 27.7. The molecule has 0 fully saturated rings. The minimum absolute atomic E-state index is 0.0506. The molecule has 0 bridgehead atoms. The van der Waals surface area contributed by atoms with E-state index in [1.165, 1.54) is 11.0 Å². The van der Waals surface area contributed by atoms with Gasteiger partial charge in [-0.25, -0.2) is 0 Å². The van der Waals surface area contributed by atoms with E-state index in [0.29, 0.717) is 63.1 Å². The zero-order valence-electron chi connectivity index (χ0n) is 21.4. The number of rotatable bonds is 13. The second-order valence-corrected chi connectivity index (χ2v) is 9.58. The topological polar surface area (TPSA) is 131 Å². The molecule has 2 atom stereocenters. The monoisotopic (exact) mass is 534 g/mol. The Balaban J connectivity index is 1.68. The van der Waals surface area contributed by atoms with E-state index >= 15 is 0 Å². The number of nitrogens with one attached hydrogen (secondary N) is 1. The minimum atomic E-state index is -4.46. The zero-order valence-corrected chi connectivity index (χ0v) is 21.4. The van der Waals surface area contributed by atoms with Crippen LogP contribution in [-0.2, 0) is 35.3 Å². The quantitative estimate of drug-likeness (QED) is 0.309. The minimum Gasteiger partial charge on any atom is -0.343 e. The summed E-state index contributed by atoms with van der Waals surface area (Å²) in [5.74, 6) is -0.799. The number of benzene rings is 2. The van der Waals surface area contributed by atoms with Crippen molar-refractivity contribution < 1.29 is 22.8 Å². The van der Waals surface area contributed by atoms with Gasteiger partial charge in [-0.15, -0.1) is 0 Å². The fraction of sp³-hybridized carbons (Fsp3) is 0.481. The van der Waals surface area contributed by atoms with Gasteiger partial charge in [-0.2, -0.15) is 13.2 Å². The number of hydrogen-bond acceptors (Lipinski definition) is 6. The van der Waals surface area contributed by atoms with Crippen LogP contribution >= 0.6 is 0 Å². The van der Waals surface area contributed by atoms with Crippen LogP contribution in [0.1, 0.15) is 35.1 Å². The molecule has 0 saturated heterocycles. The first kappa shape index (κ1) is 29.6. The molecule has 2 aromatic carbocycles. The van der Waals surface area contributed by atoms with Crippen LogP contribution in [0.25, 0.3) is 0 Å². The van der Waals surface area contributed by atoms with Gasteiger partial charge in [0.15, 0.2) is 0 Å². The molecule has 8 nitrogen and oxygen atoms in total. The van der Waals surface area contributed by atoms with Gasteiger partial charge >= 0.3 is 6.18 Å². The molecular formula is C27H37F3N6O2. The summed E-state index contributed by atoms with van der Waals surface area (Å²) >= 11 is 0. The Bertz CT molecular complexity index is 1060. The maximum atomic E-state index is 13.5. The number of fused-ring (bicyclic) bond motifs is 1. The molecule has 38 heavy (non-hydrogen) atoms. The van der Waals surface area contributed by atoms with Gasteiger partial charge in [0, 0.05) is 45.8 Å². The highest BCUT2D eigenvalue weighted by Crippen LogP contribution is 2.33. The van der Waals surface area contributed by atoms with Gasteiger partial charge in [0.05, 0.1) is 11.6 Å². The van der Waals surface area contributed by atoms with E-state index in [4.69, 9.17) is 17.2 Å². The molecular weight excluding hydrogens is 497 g/mol. The standard InChI is InChI=1S/C27H37F3N6O2/c28-27(29,30)22-8-7-20-17-36(18-21(20)16-22)26(38)24(9-6-19-4-2-1-3-5-19)34-25(37)23(33)10-13-35(14-11-31)15-12-32/h1-5,7-8,16,23-24H,6,9-15,17-18,31-33H2,(H,34,37). The third-order valence-electron chi connectivity index (χ3n) is 6.73. The number of nitrogens with zero attached hydrogens (tertiary/aromatic N) is 2. The average Bonchev–Trinajstić information content (AvgIpc) is 3.33. The summed E-state index contributed by atoms with van der Waals surface area (Å²) in [4.78, 5) is 30.0. The highest BCUT2D eigenvalue weighted by Gasteiger charge is 2.35. The largest absolute Gasteiger partial charge is 0.416 e. The molecule has 1 aliphatic rings. The third-order valence-corrected chi connectivity index (χ3v) is 6.73. The predicted octanol–water partition coefficient (Wildman–Crippen LogP) is 1.60. The third kappa shape index (κ3) is 8.26. The van der Waals surface area contributed by atoms with Crippen molar-refractivity contribution in [2.45, 2.75) is 50.6 Å². The number of hydrogen-bond donors (Lipinski definition) is 4. The first-order valence-corrected chi connectivity index (χ1v) is 12.8. The van der Waals surface area contributed by atoms with Crippen molar-refractivity contribution in [2.75, 3.05) is 32.7 Å². The maximum absolute atomic E-state index is 13.5. The van der Waals surface area contributed by atoms with Crippen molar-refractivity contribution in [1.29, 1.82) is 0 Å². The molecule has 2 unspecified atom stereocenters. The Kier molecular flexibility index (Phi) is 10.7. The summed E-state index contributed by atoms with van der Waals surface area (Å²) in [7, 11) is 0. The van der Waals surface area contributed by atoms with E-state index in [2.05, 4.69) is 5.32 Å². The predicted molar refractivity (Wildman–Crippen MR) is 140 cm³/mol. The Morgan fingerprint density at radius 3 is 2.24 bits per heavy atom. The Labute approximate surface area is 221 Å². The van der Waals surface area contributed by atoms with Gasteiger partial charge < -0.3 is 32.3 Å². The molecule has 3 rings (SSSR count). The highest BCUT2D eigenvalue weighted by molar-refractivity contribution is 5.90. The van der Waals surface area contributed by atoms with Crippen molar-refractivity contribution in [3.8, 4) is 0 Å². The van der Waals surface area contributed by atoms with Crippen molar-refractivity contribution in [3.05, 3.63) is 70.8 Å². The second kappa shape index (κ2) is 13.7. The summed E-state index contributed by atoms with van der Waals surface area (Å²) < 4.78 is 39.5. The molecule has 0 radical (unpaired) electrons. The number of aryl methyl sites for hydroxylation is 1. The van der Waals surface area contributed by atoms with E-state index in [0.717, 1.165) is 17.7 Å². The summed E-state index contributed by atoms with van der Waals surface area (Å²) in [5, 5.41) is 2.81. The van der Waals surface area contributed by atoms with Crippen LogP contribution in [0, 0.1) is 0 Å². The molecule has 1 heterocycles. The molecule has 1 aliphatic heterocycles. The van der Waals surface area contributed by atoms with E-state index in [1.807, 2.05) is 35.2 Å². The lowest BCUT2D eigenvalue weighted by molar-refractivity contribution is -0.137. The van der Waals surface area contributed by atoms with E-state index < -0.39 is 29.7 Å². The van der Waals surface area contributed by atoms with Gasteiger partial charge in [0.25, 0.3) is 0 Å². The maximum Gasteiger partial charge on any atom is 0.416 e. The average molecular weight is 535 g/mol. The Morgan fingerprint density at radius 1 is 0.947 bits per heavy atom. The molecule has 11 heteroatoms. The highest BCUT2D eigenvalue weighted by atomic mass is 19.4. The normalized spacial score (nSPS) is 14.9. The Hall–Kier alpha value is -2.99. The van der Waals surface area contributed by atoms with Crippen LogP contribution < -0.4 is 22.5 Å². The molecule has 0 spiro atoms. The van der Waals surface area contributed by atoms with E-state index in [9.17, 15) is 22.8 Å². The number of nitrogens with two attached hydrogens (primary N) is 3. The SMILES string of the molecule is NCCN(CCN)CCC(N)C(=O)NC(CCc1ccccc1)C(=O)N1Cc2ccc(C(F)(F)F)cc2C1. The molecule has 0 saturated carbocycles. The molecule has 0 aromatic heterocycles. The molecule has 2 amide bonds. The number of carbonyl (C=O) groups excluding carboxylic acids is 2. The van der Waals surface area contributed by atoms with Crippen LogP contribution in [0.4, 0.5) is 13.2 Å². The van der Waals surface area contributed by atoms with Crippen molar-refractivity contribution in [2.24, 2.45) is 17.2 Å². The molecule has 0 aliphatic carbocycles. The van der Waals surface area contributed by atoms with Crippen LogP contribution in [-0.4, -0.2) is 66.4 Å². The van der Waals surface area contributed by atoms with Gasteiger partial charge in [-0.05, 0) is 48.1 Å². The summed E-state index contributed by atoms with van der Waals surface area (Å²) in [6, 6.07) is 11.4. The van der Waals surface area contributed by atoms with E-state index in [-0.39, 0.29) is 19.0 Å². The van der Waals surface area contributed by atoms with Crippen LogP contribution in [0.15, 0.2) is 48.5 Å². The van der Waals surface area contributed by atoms with E-state index in [1.54, 1.807) is 0 Å². The number of alkyl halides is 3. The molecule has 208 valence electrons. The number of halogens is 3. The lowest BCUT2D eigenvalue weighted by Gasteiger charge is -2.26. The van der Waals surface area contributed by atoms with Crippen molar-refractivity contribution >= 4 is 11.8 Å². The van der Waals surface area contributed by atoms with Gasteiger partial charge in [-0.1, -0.05) is 36.4 Å². The van der Waals surface area contributed by atoms with Gasteiger partial charge in [0.1, 0.15) is 6.04 Å².